The van der Waals surface area contributed by atoms with Crippen molar-refractivity contribution in [3.05, 3.63) is 71.8 Å². The standard InChI is InChI=1S/C15H14O3.H3N/c16-15(17-11-13-7-3-1-4-8-13)18-12-14-9-5-2-6-10-14;/h1-10H,11-12H2;1H3. The zero-order valence-corrected chi connectivity index (χ0v) is 10.6. The highest BCUT2D eigenvalue weighted by molar-refractivity contribution is 5.59. The lowest BCUT2D eigenvalue weighted by Gasteiger charge is -2.06. The molecule has 0 bridgehead atoms. The summed E-state index contributed by atoms with van der Waals surface area (Å²) < 4.78 is 9.98. The first-order valence-electron chi connectivity index (χ1n) is 5.72. The van der Waals surface area contributed by atoms with E-state index in [1.54, 1.807) is 0 Å². The topological polar surface area (TPSA) is 70.5 Å². The van der Waals surface area contributed by atoms with Crippen molar-refractivity contribution in [3.63, 3.8) is 0 Å². The summed E-state index contributed by atoms with van der Waals surface area (Å²) in [5.74, 6) is 0. The number of ether oxygens (including phenoxy) is 2. The molecule has 0 unspecified atom stereocenters. The predicted molar refractivity (Wildman–Crippen MR) is 72.9 cm³/mol. The van der Waals surface area contributed by atoms with Gasteiger partial charge in [0, 0.05) is 0 Å². The van der Waals surface area contributed by atoms with Crippen LogP contribution >= 0.6 is 0 Å². The van der Waals surface area contributed by atoms with Crippen molar-refractivity contribution in [1.29, 1.82) is 0 Å². The summed E-state index contributed by atoms with van der Waals surface area (Å²) in [6.45, 7) is 0.461. The first-order valence-corrected chi connectivity index (χ1v) is 5.72. The quantitative estimate of drug-likeness (QED) is 0.850. The minimum atomic E-state index is -0.650. The molecule has 0 fully saturated rings. The van der Waals surface area contributed by atoms with E-state index in [0.29, 0.717) is 0 Å². The third kappa shape index (κ3) is 5.23. The molecule has 2 rings (SSSR count). The zero-order valence-electron chi connectivity index (χ0n) is 10.6. The van der Waals surface area contributed by atoms with Crippen LogP contribution in [0.2, 0.25) is 0 Å². The van der Waals surface area contributed by atoms with E-state index in [1.165, 1.54) is 0 Å². The fourth-order valence-corrected chi connectivity index (χ4v) is 1.47. The Bertz CT molecular complexity index is 440. The van der Waals surface area contributed by atoms with E-state index in [4.69, 9.17) is 9.47 Å². The minimum absolute atomic E-state index is 0. The molecule has 0 saturated heterocycles. The molecule has 100 valence electrons. The van der Waals surface area contributed by atoms with Crippen LogP contribution in [0.3, 0.4) is 0 Å². The molecule has 2 aromatic rings. The van der Waals surface area contributed by atoms with Crippen LogP contribution in [0.15, 0.2) is 60.7 Å². The Hall–Kier alpha value is -2.33. The van der Waals surface area contributed by atoms with Crippen LogP contribution in [0.25, 0.3) is 0 Å². The summed E-state index contributed by atoms with van der Waals surface area (Å²) in [5.41, 5.74) is 1.88. The van der Waals surface area contributed by atoms with Crippen molar-refractivity contribution in [2.75, 3.05) is 0 Å². The molecule has 0 amide bonds. The normalized spacial score (nSPS) is 9.26. The van der Waals surface area contributed by atoms with E-state index < -0.39 is 6.16 Å². The summed E-state index contributed by atoms with van der Waals surface area (Å²) in [6, 6.07) is 19.0. The van der Waals surface area contributed by atoms with Gasteiger partial charge in [0.25, 0.3) is 0 Å². The first kappa shape index (κ1) is 14.7. The van der Waals surface area contributed by atoms with Crippen LogP contribution < -0.4 is 6.15 Å². The molecular formula is C15H17NO3. The van der Waals surface area contributed by atoms with Crippen LogP contribution in [0.4, 0.5) is 4.79 Å². The molecule has 4 heteroatoms. The third-order valence-electron chi connectivity index (χ3n) is 2.40. The van der Waals surface area contributed by atoms with E-state index >= 15 is 0 Å². The van der Waals surface area contributed by atoms with Crippen molar-refractivity contribution in [1.82, 2.24) is 6.15 Å². The smallest absolute Gasteiger partial charge is 0.429 e. The van der Waals surface area contributed by atoms with Crippen LogP contribution in [-0.2, 0) is 22.7 Å². The predicted octanol–water partition coefficient (Wildman–Crippen LogP) is 3.70. The molecule has 0 aliphatic heterocycles. The fourth-order valence-electron chi connectivity index (χ4n) is 1.47. The Balaban J connectivity index is 0.00000180. The van der Waals surface area contributed by atoms with Gasteiger partial charge in [-0.2, -0.15) is 0 Å². The number of rotatable bonds is 4. The number of carbonyl (C=O) groups excluding carboxylic acids is 1. The highest BCUT2D eigenvalue weighted by atomic mass is 16.7. The van der Waals surface area contributed by atoms with Gasteiger partial charge < -0.3 is 15.6 Å². The molecule has 4 nitrogen and oxygen atoms in total. The van der Waals surface area contributed by atoms with Crippen molar-refractivity contribution < 1.29 is 14.3 Å². The van der Waals surface area contributed by atoms with Crippen molar-refractivity contribution in [2.45, 2.75) is 13.2 Å². The maximum absolute atomic E-state index is 11.3. The lowest BCUT2D eigenvalue weighted by molar-refractivity contribution is 0.0446. The first-order chi connectivity index (χ1) is 8.84. The number of hydrogen-bond donors (Lipinski definition) is 1. The van der Waals surface area contributed by atoms with Crippen LogP contribution in [0.5, 0.6) is 0 Å². The average Bonchev–Trinajstić information content (AvgIpc) is 2.45. The lowest BCUT2D eigenvalue weighted by Crippen LogP contribution is -2.07. The van der Waals surface area contributed by atoms with Crippen LogP contribution in [0.1, 0.15) is 11.1 Å². The van der Waals surface area contributed by atoms with E-state index in [9.17, 15) is 4.79 Å². The van der Waals surface area contributed by atoms with Gasteiger partial charge in [0.15, 0.2) is 0 Å². The van der Waals surface area contributed by atoms with Gasteiger partial charge >= 0.3 is 6.16 Å². The second-order valence-corrected chi connectivity index (χ2v) is 3.80. The van der Waals surface area contributed by atoms with Gasteiger partial charge in [-0.1, -0.05) is 60.7 Å². The highest BCUT2D eigenvalue weighted by Gasteiger charge is 2.04. The molecule has 0 atom stereocenters. The van der Waals surface area contributed by atoms with E-state index in [0.717, 1.165) is 11.1 Å². The van der Waals surface area contributed by atoms with Crippen molar-refractivity contribution >= 4 is 6.16 Å². The van der Waals surface area contributed by atoms with Crippen molar-refractivity contribution in [2.24, 2.45) is 0 Å². The van der Waals surface area contributed by atoms with Gasteiger partial charge in [-0.15, -0.1) is 0 Å². The molecule has 0 spiro atoms. The Labute approximate surface area is 112 Å². The maximum atomic E-state index is 11.3. The van der Waals surface area contributed by atoms with E-state index in [1.807, 2.05) is 60.7 Å². The van der Waals surface area contributed by atoms with Crippen molar-refractivity contribution in [3.8, 4) is 0 Å². The second kappa shape index (κ2) is 7.89. The molecular weight excluding hydrogens is 242 g/mol. The Kier molecular flexibility index (Phi) is 6.12. The molecule has 0 aliphatic rings. The van der Waals surface area contributed by atoms with Gasteiger partial charge in [-0.05, 0) is 11.1 Å². The third-order valence-corrected chi connectivity index (χ3v) is 2.40. The highest BCUT2D eigenvalue weighted by Crippen LogP contribution is 2.04. The van der Waals surface area contributed by atoms with Gasteiger partial charge in [0.2, 0.25) is 0 Å². The Morgan fingerprint density at radius 1 is 0.737 bits per heavy atom. The SMILES string of the molecule is N.O=C(OCc1ccccc1)OCc1ccccc1. The summed E-state index contributed by atoms with van der Waals surface area (Å²) in [4.78, 5) is 11.3. The van der Waals surface area contributed by atoms with Gasteiger partial charge in [-0.25, -0.2) is 4.79 Å². The van der Waals surface area contributed by atoms with Gasteiger partial charge in [0.1, 0.15) is 13.2 Å². The zero-order chi connectivity index (χ0) is 12.6. The molecule has 2 aromatic carbocycles. The molecule has 0 aliphatic carbocycles. The second-order valence-electron chi connectivity index (χ2n) is 3.80. The molecule has 19 heavy (non-hydrogen) atoms. The summed E-state index contributed by atoms with van der Waals surface area (Å²) in [7, 11) is 0. The minimum Gasteiger partial charge on any atom is -0.429 e. The van der Waals surface area contributed by atoms with Gasteiger partial charge in [-0.3, -0.25) is 0 Å². The monoisotopic (exact) mass is 259 g/mol. The molecule has 3 N–H and O–H groups in total. The molecule has 0 aromatic heterocycles. The summed E-state index contributed by atoms with van der Waals surface area (Å²) in [5, 5.41) is 0. The molecule has 0 heterocycles. The number of hydrogen-bond acceptors (Lipinski definition) is 4. The van der Waals surface area contributed by atoms with E-state index in [2.05, 4.69) is 0 Å². The van der Waals surface area contributed by atoms with Crippen LogP contribution in [0, 0.1) is 0 Å². The largest absolute Gasteiger partial charge is 0.508 e. The molecule has 0 radical (unpaired) electrons. The number of carbonyl (C=O) groups is 1. The Morgan fingerprint density at radius 3 is 1.47 bits per heavy atom. The fraction of sp³-hybridized carbons (Fsp3) is 0.133. The number of benzene rings is 2. The lowest BCUT2D eigenvalue weighted by atomic mass is 10.2. The summed E-state index contributed by atoms with van der Waals surface area (Å²) >= 11 is 0. The van der Waals surface area contributed by atoms with Crippen LogP contribution in [-0.4, -0.2) is 6.16 Å². The summed E-state index contributed by atoms with van der Waals surface area (Å²) in [6.07, 6.45) is -0.650. The average molecular weight is 259 g/mol. The van der Waals surface area contributed by atoms with E-state index in [-0.39, 0.29) is 19.4 Å². The molecule has 0 saturated carbocycles. The Morgan fingerprint density at radius 2 is 1.11 bits per heavy atom. The van der Waals surface area contributed by atoms with Gasteiger partial charge in [0.05, 0.1) is 0 Å². The maximum Gasteiger partial charge on any atom is 0.508 e.